The largest absolute Gasteiger partial charge is 0.294 e. The van der Waals surface area contributed by atoms with E-state index < -0.39 is 0 Å². The topological polar surface area (TPSA) is 107 Å². The van der Waals surface area contributed by atoms with Crippen LogP contribution in [0.3, 0.4) is 0 Å². The van der Waals surface area contributed by atoms with Crippen molar-refractivity contribution in [2.75, 3.05) is 0 Å². The molecule has 4 heterocycles. The summed E-state index contributed by atoms with van der Waals surface area (Å²) in [5, 5.41) is 32.8. The third kappa shape index (κ3) is 3.73. The molecule has 0 aliphatic heterocycles. The van der Waals surface area contributed by atoms with E-state index >= 15 is 0 Å². The molecule has 44 heavy (non-hydrogen) atoms. The van der Waals surface area contributed by atoms with Crippen molar-refractivity contribution in [3.05, 3.63) is 132 Å². The fourth-order valence-corrected chi connectivity index (χ4v) is 6.10. The second-order valence-corrected chi connectivity index (χ2v) is 10.5. The molecule has 0 unspecified atom stereocenters. The first kappa shape index (κ1) is 25.0. The van der Waals surface area contributed by atoms with Crippen LogP contribution in [0, 0.1) is 34.0 Å². The van der Waals surface area contributed by atoms with E-state index in [-0.39, 0.29) is 0 Å². The van der Waals surface area contributed by atoms with Crippen molar-refractivity contribution in [1.82, 2.24) is 19.1 Å². The lowest BCUT2D eigenvalue weighted by molar-refractivity contribution is 1.00. The maximum Gasteiger partial charge on any atom is 0.146 e. The van der Waals surface area contributed by atoms with E-state index in [1.165, 1.54) is 0 Å². The van der Waals surface area contributed by atoms with Crippen LogP contribution in [0.2, 0.25) is 0 Å². The minimum atomic E-state index is 0.533. The number of rotatable bonds is 3. The molecule has 0 bridgehead atoms. The van der Waals surface area contributed by atoms with Crippen molar-refractivity contribution in [3.8, 4) is 41.0 Å². The van der Waals surface area contributed by atoms with E-state index in [9.17, 15) is 15.8 Å². The number of para-hydroxylation sites is 1. The van der Waals surface area contributed by atoms with Gasteiger partial charge in [0, 0.05) is 27.7 Å². The number of nitrogens with zero attached hydrogens (tertiary/aromatic N) is 7. The highest BCUT2D eigenvalue weighted by Gasteiger charge is 2.19. The highest BCUT2D eigenvalue weighted by Crippen LogP contribution is 2.36. The smallest absolute Gasteiger partial charge is 0.146 e. The molecule has 4 aromatic carbocycles. The second-order valence-electron chi connectivity index (χ2n) is 10.5. The van der Waals surface area contributed by atoms with Gasteiger partial charge in [0.05, 0.1) is 51.4 Å². The first-order valence-electron chi connectivity index (χ1n) is 13.9. The molecule has 0 aliphatic rings. The summed E-state index contributed by atoms with van der Waals surface area (Å²) < 4.78 is 4.14. The van der Waals surface area contributed by atoms with Crippen molar-refractivity contribution in [3.63, 3.8) is 0 Å². The van der Waals surface area contributed by atoms with Gasteiger partial charge in [-0.1, -0.05) is 30.3 Å². The summed E-state index contributed by atoms with van der Waals surface area (Å²) in [6, 6.07) is 41.6. The molecule has 0 aliphatic carbocycles. The number of nitriles is 3. The van der Waals surface area contributed by atoms with Gasteiger partial charge in [0.1, 0.15) is 17.3 Å². The van der Waals surface area contributed by atoms with E-state index in [4.69, 9.17) is 9.97 Å². The first-order chi connectivity index (χ1) is 21.7. The van der Waals surface area contributed by atoms with Crippen LogP contribution >= 0.6 is 0 Å². The number of fused-ring (bicyclic) bond motifs is 6. The van der Waals surface area contributed by atoms with Gasteiger partial charge in [-0.15, -0.1) is 0 Å². The van der Waals surface area contributed by atoms with Crippen LogP contribution in [0.25, 0.3) is 66.5 Å². The summed E-state index contributed by atoms with van der Waals surface area (Å²) >= 11 is 0. The SMILES string of the molecule is N#Cc1cccc(-c2cc(-n3c4ccc(C#N)cc4c4cc(C#N)ccc43)nc(-n3c4ccccc4c4cccnc43)c2)c1. The molecular formula is C37H19N7. The number of hydrogen-bond donors (Lipinski definition) is 0. The van der Waals surface area contributed by atoms with E-state index in [0.717, 1.165) is 54.9 Å². The molecule has 0 saturated carbocycles. The van der Waals surface area contributed by atoms with Gasteiger partial charge in [-0.25, -0.2) is 9.97 Å². The Morgan fingerprint density at radius 2 is 1.09 bits per heavy atom. The molecule has 0 radical (unpaired) electrons. The molecule has 4 aromatic heterocycles. The number of benzene rings is 4. The summed E-state index contributed by atoms with van der Waals surface area (Å²) in [5.74, 6) is 1.32. The molecule has 0 spiro atoms. The summed E-state index contributed by atoms with van der Waals surface area (Å²) in [6.07, 6.45) is 1.78. The van der Waals surface area contributed by atoms with Gasteiger partial charge in [0.15, 0.2) is 0 Å². The molecule has 0 atom stereocenters. The molecule has 7 nitrogen and oxygen atoms in total. The summed E-state index contributed by atoms with van der Waals surface area (Å²) in [6.45, 7) is 0. The summed E-state index contributed by atoms with van der Waals surface area (Å²) in [7, 11) is 0. The Hall–Kier alpha value is -6.75. The third-order valence-electron chi connectivity index (χ3n) is 8.04. The lowest BCUT2D eigenvalue weighted by Gasteiger charge is -2.14. The molecule has 0 N–H and O–H groups in total. The van der Waals surface area contributed by atoms with E-state index in [1.807, 2.05) is 72.8 Å². The minimum Gasteiger partial charge on any atom is -0.294 e. The predicted molar refractivity (Wildman–Crippen MR) is 170 cm³/mol. The van der Waals surface area contributed by atoms with Gasteiger partial charge in [0.25, 0.3) is 0 Å². The van der Waals surface area contributed by atoms with E-state index in [2.05, 4.69) is 45.5 Å². The molecule has 8 aromatic rings. The second kappa shape index (κ2) is 9.67. The average molecular weight is 562 g/mol. The van der Waals surface area contributed by atoms with Crippen LogP contribution in [0.15, 0.2) is 115 Å². The van der Waals surface area contributed by atoms with Crippen molar-refractivity contribution in [2.24, 2.45) is 0 Å². The standard InChI is InChI=1S/C37H19N7/c38-20-23-5-3-6-26(15-23)27-18-35(42-36(19-27)44-32-9-2-1-7-28(32)29-8-4-14-41-37(29)44)43-33-12-10-24(21-39)16-30(33)31-17-25(22-40)11-13-34(31)43/h1-19H. The van der Waals surface area contributed by atoms with Crippen LogP contribution in [0.5, 0.6) is 0 Å². The zero-order valence-corrected chi connectivity index (χ0v) is 23.1. The fraction of sp³-hybridized carbons (Fsp3) is 0. The van der Waals surface area contributed by atoms with Crippen molar-refractivity contribution < 1.29 is 0 Å². The first-order valence-corrected chi connectivity index (χ1v) is 13.9. The van der Waals surface area contributed by atoms with Crippen molar-refractivity contribution in [1.29, 1.82) is 15.8 Å². The molecule has 7 heteroatoms. The van der Waals surface area contributed by atoms with Crippen LogP contribution in [0.1, 0.15) is 16.7 Å². The van der Waals surface area contributed by atoms with Gasteiger partial charge >= 0.3 is 0 Å². The van der Waals surface area contributed by atoms with Crippen molar-refractivity contribution in [2.45, 2.75) is 0 Å². The predicted octanol–water partition coefficient (Wildman–Crippen LogP) is 7.95. The van der Waals surface area contributed by atoms with Gasteiger partial charge in [0.2, 0.25) is 0 Å². The maximum atomic E-state index is 9.66. The monoisotopic (exact) mass is 561 g/mol. The van der Waals surface area contributed by atoms with Gasteiger partial charge in [-0.3, -0.25) is 9.13 Å². The lowest BCUT2D eigenvalue weighted by Crippen LogP contribution is -2.05. The van der Waals surface area contributed by atoms with Crippen LogP contribution in [-0.4, -0.2) is 19.1 Å². The maximum absolute atomic E-state index is 9.66. The zero-order chi connectivity index (χ0) is 29.8. The number of hydrogen-bond acceptors (Lipinski definition) is 5. The van der Waals surface area contributed by atoms with E-state index in [1.54, 1.807) is 24.4 Å². The molecular weight excluding hydrogens is 542 g/mol. The molecule has 0 fully saturated rings. The van der Waals surface area contributed by atoms with Gasteiger partial charge < -0.3 is 0 Å². The Balaban J connectivity index is 1.51. The number of aromatic nitrogens is 4. The summed E-state index contributed by atoms with van der Waals surface area (Å²) in [4.78, 5) is 10.0. The quantitative estimate of drug-likeness (QED) is 0.218. The van der Waals surface area contributed by atoms with Crippen LogP contribution in [0.4, 0.5) is 0 Å². The molecule has 8 rings (SSSR count). The van der Waals surface area contributed by atoms with Crippen molar-refractivity contribution >= 4 is 43.7 Å². The lowest BCUT2D eigenvalue weighted by atomic mass is 10.0. The average Bonchev–Trinajstić information content (AvgIpc) is 3.60. The Kier molecular flexibility index (Phi) is 5.49. The normalized spacial score (nSPS) is 11.1. The molecule has 0 amide bonds. The third-order valence-corrected chi connectivity index (χ3v) is 8.04. The fourth-order valence-electron chi connectivity index (χ4n) is 6.10. The minimum absolute atomic E-state index is 0.533. The number of pyridine rings is 2. The highest BCUT2D eigenvalue weighted by atomic mass is 15.2. The van der Waals surface area contributed by atoms with Crippen LogP contribution < -0.4 is 0 Å². The highest BCUT2D eigenvalue weighted by molar-refractivity contribution is 6.10. The molecule has 202 valence electrons. The Morgan fingerprint density at radius 3 is 1.80 bits per heavy atom. The Labute approximate surface area is 251 Å². The Morgan fingerprint density at radius 1 is 0.477 bits per heavy atom. The molecule has 0 saturated heterocycles. The van der Waals surface area contributed by atoms with Crippen LogP contribution in [-0.2, 0) is 0 Å². The van der Waals surface area contributed by atoms with Gasteiger partial charge in [-0.2, -0.15) is 15.8 Å². The Bertz CT molecular complexity index is 2480. The zero-order valence-electron chi connectivity index (χ0n) is 23.1. The van der Waals surface area contributed by atoms with E-state index in [0.29, 0.717) is 28.3 Å². The summed E-state index contributed by atoms with van der Waals surface area (Å²) in [5.41, 5.74) is 6.86. The van der Waals surface area contributed by atoms with Gasteiger partial charge in [-0.05, 0) is 90.0 Å².